The van der Waals surface area contributed by atoms with Gasteiger partial charge in [0.15, 0.2) is 6.10 Å². The van der Waals surface area contributed by atoms with E-state index in [2.05, 4.69) is 173 Å². The van der Waals surface area contributed by atoms with E-state index in [-0.39, 0.29) is 31.6 Å². The molecule has 0 aliphatic rings. The van der Waals surface area contributed by atoms with E-state index in [0.29, 0.717) is 19.3 Å². The summed E-state index contributed by atoms with van der Waals surface area (Å²) in [5.41, 5.74) is 0. The lowest BCUT2D eigenvalue weighted by molar-refractivity contribution is -0.166. The van der Waals surface area contributed by atoms with Crippen molar-refractivity contribution in [1.29, 1.82) is 0 Å². The monoisotopic (exact) mass is 1090 g/mol. The molecule has 0 spiro atoms. The molecule has 0 N–H and O–H groups in total. The molecule has 0 bridgehead atoms. The molecule has 6 nitrogen and oxygen atoms in total. The van der Waals surface area contributed by atoms with Crippen molar-refractivity contribution in [2.24, 2.45) is 0 Å². The lowest BCUT2D eigenvalue weighted by Crippen LogP contribution is -2.30. The van der Waals surface area contributed by atoms with Gasteiger partial charge in [0.25, 0.3) is 0 Å². The molecule has 0 aromatic rings. The van der Waals surface area contributed by atoms with Gasteiger partial charge in [0, 0.05) is 19.3 Å². The number of carbonyl (C=O) groups excluding carboxylic acids is 3. The Hall–Kier alpha value is -4.97. The summed E-state index contributed by atoms with van der Waals surface area (Å²) in [7, 11) is 0. The maximum absolute atomic E-state index is 12.8. The topological polar surface area (TPSA) is 78.9 Å². The van der Waals surface area contributed by atoms with E-state index < -0.39 is 12.1 Å². The molecule has 0 saturated heterocycles. The van der Waals surface area contributed by atoms with Gasteiger partial charge in [0.1, 0.15) is 13.2 Å². The minimum atomic E-state index is -0.827. The van der Waals surface area contributed by atoms with Gasteiger partial charge in [-0.2, -0.15) is 0 Å². The molecule has 1 atom stereocenters. The molecule has 0 aliphatic carbocycles. The molecule has 0 saturated carbocycles. The first kappa shape index (κ1) is 74.0. The molecule has 0 rings (SSSR count). The van der Waals surface area contributed by atoms with Crippen LogP contribution in [0.25, 0.3) is 0 Å². The van der Waals surface area contributed by atoms with Crippen molar-refractivity contribution < 1.29 is 28.6 Å². The van der Waals surface area contributed by atoms with E-state index in [0.717, 1.165) is 128 Å². The van der Waals surface area contributed by atoms with E-state index in [1.807, 2.05) is 6.08 Å². The largest absolute Gasteiger partial charge is 0.462 e. The second-order valence-corrected chi connectivity index (χ2v) is 20.6. The molecule has 6 heteroatoms. The number of rotatable bonds is 56. The summed E-state index contributed by atoms with van der Waals surface area (Å²) in [6.45, 7) is 6.33. The first-order chi connectivity index (χ1) is 39.0. The lowest BCUT2D eigenvalue weighted by Gasteiger charge is -2.18. The average molecular weight is 1090 g/mol. The highest BCUT2D eigenvalue weighted by Gasteiger charge is 2.19. The third-order valence-corrected chi connectivity index (χ3v) is 13.0. The van der Waals surface area contributed by atoms with Gasteiger partial charge in [-0.1, -0.05) is 288 Å². The van der Waals surface area contributed by atoms with Crippen LogP contribution < -0.4 is 0 Å². The molecule has 0 amide bonds. The van der Waals surface area contributed by atoms with Crippen molar-refractivity contribution in [1.82, 2.24) is 0 Å². The predicted octanol–water partition coefficient (Wildman–Crippen LogP) is 22.1. The molecule has 0 heterocycles. The van der Waals surface area contributed by atoms with Crippen LogP contribution in [0.4, 0.5) is 0 Å². The summed E-state index contributed by atoms with van der Waals surface area (Å²) in [6.07, 6.45) is 95.5. The van der Waals surface area contributed by atoms with E-state index in [1.165, 1.54) is 89.9 Å². The molecular formula is C73H116O6. The Kier molecular flexibility index (Phi) is 61.4. The van der Waals surface area contributed by atoms with Crippen LogP contribution in [0.1, 0.15) is 265 Å². The van der Waals surface area contributed by atoms with Crippen LogP contribution >= 0.6 is 0 Å². The van der Waals surface area contributed by atoms with E-state index in [9.17, 15) is 14.4 Å². The highest BCUT2D eigenvalue weighted by atomic mass is 16.6. The number of ether oxygens (including phenoxy) is 3. The highest BCUT2D eigenvalue weighted by molar-refractivity contribution is 5.71. The van der Waals surface area contributed by atoms with Gasteiger partial charge in [0.2, 0.25) is 0 Å². The summed E-state index contributed by atoms with van der Waals surface area (Å²) in [4.78, 5) is 38.2. The Morgan fingerprint density at radius 1 is 0.266 bits per heavy atom. The van der Waals surface area contributed by atoms with E-state index in [4.69, 9.17) is 14.2 Å². The zero-order chi connectivity index (χ0) is 57.1. The summed E-state index contributed by atoms with van der Waals surface area (Å²) >= 11 is 0. The smallest absolute Gasteiger partial charge is 0.306 e. The van der Waals surface area contributed by atoms with Crippen LogP contribution in [0, 0.1) is 0 Å². The number of unbranched alkanes of at least 4 members (excludes halogenated alkanes) is 19. The maximum Gasteiger partial charge on any atom is 0.306 e. The van der Waals surface area contributed by atoms with Crippen molar-refractivity contribution in [2.45, 2.75) is 271 Å². The summed E-state index contributed by atoms with van der Waals surface area (Å²) < 4.78 is 16.8. The normalized spacial score (nSPS) is 13.2. The minimum Gasteiger partial charge on any atom is -0.462 e. The Morgan fingerprint density at radius 3 is 0.823 bits per heavy atom. The van der Waals surface area contributed by atoms with Crippen LogP contribution in [-0.4, -0.2) is 37.2 Å². The van der Waals surface area contributed by atoms with Crippen molar-refractivity contribution in [3.05, 3.63) is 158 Å². The Bertz CT molecular complexity index is 1780. The van der Waals surface area contributed by atoms with Crippen molar-refractivity contribution in [3.63, 3.8) is 0 Å². The number of carbonyl (C=O) groups is 3. The fraction of sp³-hybridized carbons (Fsp3) is 0.603. The molecule has 0 fully saturated rings. The minimum absolute atomic E-state index is 0.114. The first-order valence-corrected chi connectivity index (χ1v) is 32.0. The highest BCUT2D eigenvalue weighted by Crippen LogP contribution is 2.15. The summed E-state index contributed by atoms with van der Waals surface area (Å²) in [6, 6.07) is 0. The van der Waals surface area contributed by atoms with E-state index in [1.54, 1.807) is 0 Å². The number of hydrogen-bond donors (Lipinski definition) is 0. The standard InChI is InChI=1S/C73H116O6/c1-4-7-10-13-16-19-22-24-26-28-30-31-32-33-34-35-36-37-38-39-40-41-43-44-46-48-51-54-57-60-63-66-72(75)78-69-70(68-77-71(74)65-62-59-56-53-50-21-18-15-12-9-6-3)79-73(76)67-64-61-58-55-52-49-47-45-42-29-27-25-23-20-17-14-11-8-5-2/h7-8,10-11,16-17,19-20,24-27,30-31,33-34,36-37,39-40,42,45,49,52,58,61,70H,4-6,9,12-15,18,21-23,28-29,32,35,38,41,43-44,46-48,50-51,53-57,59-60,62-69H2,1-3H3/b10-7-,11-8-,19-16-,20-17-,26-24-,27-25-,31-30-,34-33-,37-36-,40-39-,45-42-,52-49-,61-58-. The van der Waals surface area contributed by atoms with Gasteiger partial charge in [0.05, 0.1) is 0 Å². The van der Waals surface area contributed by atoms with Crippen LogP contribution in [0.2, 0.25) is 0 Å². The van der Waals surface area contributed by atoms with Gasteiger partial charge in [-0.3, -0.25) is 14.4 Å². The fourth-order valence-electron chi connectivity index (χ4n) is 8.33. The Balaban J connectivity index is 4.36. The average Bonchev–Trinajstić information content (AvgIpc) is 3.45. The van der Waals surface area contributed by atoms with Crippen molar-refractivity contribution in [3.8, 4) is 0 Å². The van der Waals surface area contributed by atoms with Crippen molar-refractivity contribution >= 4 is 17.9 Å². The summed E-state index contributed by atoms with van der Waals surface area (Å²) in [5.74, 6) is -1.01. The lowest BCUT2D eigenvalue weighted by atomic mass is 10.1. The SMILES string of the molecule is CC/C=C\C/C=C\C/C=C\C/C=C\C/C=C\C/C=C\C/C=C\CCCCCCCCCCCC(=O)OCC(COC(=O)CCCCCCCCCCCCC)OC(=O)CC/C=C\C/C=C\C/C=C\C/C=C\C/C=C\C/C=C\CC. The third-order valence-electron chi connectivity index (χ3n) is 13.0. The molecule has 444 valence electrons. The number of esters is 3. The van der Waals surface area contributed by atoms with Gasteiger partial charge < -0.3 is 14.2 Å². The van der Waals surface area contributed by atoms with Crippen LogP contribution in [0.5, 0.6) is 0 Å². The second kappa shape index (κ2) is 65.5. The molecule has 1 unspecified atom stereocenters. The molecule has 0 aliphatic heterocycles. The third kappa shape index (κ3) is 63.7. The van der Waals surface area contributed by atoms with Crippen molar-refractivity contribution in [2.75, 3.05) is 13.2 Å². The van der Waals surface area contributed by atoms with Crippen LogP contribution in [0.3, 0.4) is 0 Å². The maximum atomic E-state index is 12.8. The number of hydrogen-bond acceptors (Lipinski definition) is 6. The van der Waals surface area contributed by atoms with Crippen LogP contribution in [-0.2, 0) is 28.6 Å². The zero-order valence-corrected chi connectivity index (χ0v) is 50.8. The molecule has 79 heavy (non-hydrogen) atoms. The van der Waals surface area contributed by atoms with Gasteiger partial charge in [-0.25, -0.2) is 0 Å². The quantitative estimate of drug-likeness (QED) is 0.0261. The summed E-state index contributed by atoms with van der Waals surface area (Å²) in [5, 5.41) is 0. The molecule has 0 aromatic carbocycles. The molecule has 0 radical (unpaired) electrons. The first-order valence-electron chi connectivity index (χ1n) is 32.0. The van der Waals surface area contributed by atoms with Gasteiger partial charge >= 0.3 is 17.9 Å². The van der Waals surface area contributed by atoms with Gasteiger partial charge in [-0.15, -0.1) is 0 Å². The van der Waals surface area contributed by atoms with E-state index >= 15 is 0 Å². The second-order valence-electron chi connectivity index (χ2n) is 20.6. The van der Waals surface area contributed by atoms with Crippen LogP contribution in [0.15, 0.2) is 158 Å². The fourth-order valence-corrected chi connectivity index (χ4v) is 8.33. The predicted molar refractivity (Wildman–Crippen MR) is 343 cm³/mol. The van der Waals surface area contributed by atoms with Gasteiger partial charge in [-0.05, 0) is 116 Å². The Morgan fingerprint density at radius 2 is 0.519 bits per heavy atom. The number of allylic oxidation sites excluding steroid dienone is 26. The molecular weight excluding hydrogens is 973 g/mol. The molecule has 0 aromatic heterocycles. The zero-order valence-electron chi connectivity index (χ0n) is 50.8. The Labute approximate surface area is 486 Å².